The van der Waals surface area contributed by atoms with Gasteiger partial charge in [0, 0.05) is 45.8 Å². The number of ether oxygens (including phenoxy) is 3. The van der Waals surface area contributed by atoms with Crippen LogP contribution in [0.2, 0.25) is 0 Å². The van der Waals surface area contributed by atoms with Crippen LogP contribution < -0.4 is 9.47 Å². The Kier molecular flexibility index (Phi) is 6.52. The Morgan fingerprint density at radius 1 is 0.826 bits per heavy atom. The quantitative estimate of drug-likeness (QED) is 0.269. The number of fused-ring (bicyclic) bond motifs is 3. The van der Waals surface area contributed by atoms with Crippen molar-refractivity contribution in [2.45, 2.75) is 127 Å². The van der Waals surface area contributed by atoms with E-state index in [0.717, 1.165) is 0 Å². The van der Waals surface area contributed by atoms with Crippen LogP contribution in [0.4, 0.5) is 0 Å². The number of carbonyl (C=O) groups is 4. The number of hydrogen-bond donors (Lipinski definition) is 1. The van der Waals surface area contributed by atoms with Crippen LogP contribution in [0.1, 0.15) is 137 Å². The Balaban J connectivity index is 1.78. The predicted molar refractivity (Wildman–Crippen MR) is 172 cm³/mol. The summed E-state index contributed by atoms with van der Waals surface area (Å²) in [5.41, 5.74) is -3.96. The summed E-state index contributed by atoms with van der Waals surface area (Å²) < 4.78 is 20.4. The smallest absolute Gasteiger partial charge is 0.226 e. The number of Topliss-reactive ketones (excluding diaryl/α,β-unsaturated/α-hetero) is 4. The van der Waals surface area contributed by atoms with Gasteiger partial charge in [0.05, 0.1) is 21.8 Å². The third-order valence-electron chi connectivity index (χ3n) is 11.9. The van der Waals surface area contributed by atoms with Crippen LogP contribution in [0.3, 0.4) is 0 Å². The average molecular weight is 635 g/mol. The van der Waals surface area contributed by atoms with Gasteiger partial charge in [0.1, 0.15) is 28.6 Å². The van der Waals surface area contributed by atoms with Gasteiger partial charge in [-0.15, -0.1) is 0 Å². The second-order valence-corrected chi connectivity index (χ2v) is 17.8. The summed E-state index contributed by atoms with van der Waals surface area (Å²) in [5.74, 6) is -4.21. The highest BCUT2D eigenvalue weighted by atomic mass is 16.7. The molecule has 0 amide bonds. The van der Waals surface area contributed by atoms with Crippen molar-refractivity contribution in [3.05, 3.63) is 28.0 Å². The van der Waals surface area contributed by atoms with Crippen LogP contribution in [0.5, 0.6) is 17.2 Å². The molecule has 3 heterocycles. The highest BCUT2D eigenvalue weighted by Crippen LogP contribution is 2.72. The lowest BCUT2D eigenvalue weighted by Gasteiger charge is -2.60. The van der Waals surface area contributed by atoms with Gasteiger partial charge < -0.3 is 19.3 Å². The topological polar surface area (TPSA) is 116 Å². The molecule has 2 bridgehead atoms. The van der Waals surface area contributed by atoms with Crippen molar-refractivity contribution >= 4 is 23.1 Å². The zero-order valence-electron chi connectivity index (χ0n) is 29.9. The molecule has 6 rings (SSSR count). The molecule has 250 valence electrons. The molecule has 1 saturated heterocycles. The van der Waals surface area contributed by atoms with Crippen molar-refractivity contribution in [1.82, 2.24) is 0 Å². The first-order valence-electron chi connectivity index (χ1n) is 16.7. The van der Waals surface area contributed by atoms with Crippen molar-refractivity contribution in [3.8, 4) is 17.2 Å². The number of hydrogen-bond acceptors (Lipinski definition) is 8. The van der Waals surface area contributed by atoms with E-state index in [2.05, 4.69) is 0 Å². The van der Waals surface area contributed by atoms with Gasteiger partial charge in [0.2, 0.25) is 5.79 Å². The van der Waals surface area contributed by atoms with Crippen LogP contribution in [0, 0.1) is 39.4 Å². The minimum absolute atomic E-state index is 0.0513. The van der Waals surface area contributed by atoms with Gasteiger partial charge in [-0.3, -0.25) is 19.2 Å². The molecule has 0 aromatic heterocycles. The fourth-order valence-corrected chi connectivity index (χ4v) is 9.84. The maximum absolute atomic E-state index is 14.5. The van der Waals surface area contributed by atoms with Crippen LogP contribution >= 0.6 is 0 Å². The second kappa shape index (κ2) is 9.12. The molecule has 0 spiro atoms. The van der Waals surface area contributed by atoms with Gasteiger partial charge >= 0.3 is 0 Å². The molecule has 46 heavy (non-hydrogen) atoms. The van der Waals surface area contributed by atoms with Gasteiger partial charge in [0.25, 0.3) is 0 Å². The molecular weight excluding hydrogens is 584 g/mol. The van der Waals surface area contributed by atoms with E-state index in [1.807, 2.05) is 55.4 Å². The van der Waals surface area contributed by atoms with Crippen LogP contribution in [-0.2, 0) is 19.1 Å². The third-order valence-corrected chi connectivity index (χ3v) is 11.9. The first-order valence-corrected chi connectivity index (χ1v) is 16.7. The summed E-state index contributed by atoms with van der Waals surface area (Å²) in [6.45, 7) is 25.8. The number of ketones is 4. The maximum Gasteiger partial charge on any atom is 0.226 e. The van der Waals surface area contributed by atoms with E-state index in [-0.39, 0.29) is 63.5 Å². The van der Waals surface area contributed by atoms with E-state index >= 15 is 0 Å². The van der Waals surface area contributed by atoms with Crippen molar-refractivity contribution in [1.29, 1.82) is 0 Å². The van der Waals surface area contributed by atoms with Crippen molar-refractivity contribution < 1.29 is 38.5 Å². The fraction of sp³-hybridized carbons (Fsp3) is 0.684. The van der Waals surface area contributed by atoms with E-state index in [1.165, 1.54) is 0 Å². The van der Waals surface area contributed by atoms with Crippen LogP contribution in [-0.4, -0.2) is 39.6 Å². The van der Waals surface area contributed by atoms with Gasteiger partial charge in [0.15, 0.2) is 23.1 Å². The molecule has 3 aliphatic heterocycles. The fourth-order valence-electron chi connectivity index (χ4n) is 9.84. The Morgan fingerprint density at radius 3 is 1.96 bits per heavy atom. The van der Waals surface area contributed by atoms with E-state index in [9.17, 15) is 24.3 Å². The molecule has 1 saturated carbocycles. The number of rotatable bonds is 3. The molecule has 2 fully saturated rings. The molecule has 1 N–H and O–H groups in total. The summed E-state index contributed by atoms with van der Waals surface area (Å²) >= 11 is 0. The molecule has 1 aromatic rings. The molecular formula is C38H50O8. The second-order valence-electron chi connectivity index (χ2n) is 17.8. The van der Waals surface area contributed by atoms with E-state index in [4.69, 9.17) is 14.2 Å². The molecule has 8 heteroatoms. The Labute approximate surface area is 272 Å². The lowest BCUT2D eigenvalue weighted by atomic mass is 9.48. The van der Waals surface area contributed by atoms with Crippen molar-refractivity contribution in [2.75, 3.05) is 0 Å². The van der Waals surface area contributed by atoms with Gasteiger partial charge in [-0.05, 0) is 67.7 Å². The minimum atomic E-state index is -1.40. The zero-order chi connectivity index (χ0) is 34.6. The lowest BCUT2D eigenvalue weighted by Crippen LogP contribution is -2.69. The first-order chi connectivity index (χ1) is 20.8. The molecule has 8 nitrogen and oxygen atoms in total. The average Bonchev–Trinajstić information content (AvgIpc) is 3.23. The number of phenols is 1. The molecule has 2 aliphatic carbocycles. The first kappa shape index (κ1) is 32.9. The van der Waals surface area contributed by atoms with Crippen molar-refractivity contribution in [2.24, 2.45) is 39.4 Å². The Bertz CT molecular complexity index is 1680. The van der Waals surface area contributed by atoms with Crippen molar-refractivity contribution in [3.63, 3.8) is 0 Å². The number of allylic oxidation sites excluding steroid dienone is 2. The molecule has 4 atom stereocenters. The minimum Gasteiger partial charge on any atom is -0.507 e. The largest absolute Gasteiger partial charge is 0.507 e. The van der Waals surface area contributed by atoms with Crippen LogP contribution in [0.15, 0.2) is 11.3 Å². The number of aromatic hydroxyl groups is 1. The molecule has 0 unspecified atom stereocenters. The highest BCUT2D eigenvalue weighted by Gasteiger charge is 2.76. The SMILES string of the molecule is CC(C)C(=O)c1c2c(c(O)c3c1O[C@]14OC(C)(C)C[C@@H]1[C@H]3C(C)(C)C(=O)C4(C)C)[C@@H](C(C)C)C1=C(O2)C(C)(C)C(=O)C(C)(C)C1=O. The predicted octanol–water partition coefficient (Wildman–Crippen LogP) is 7.44. The Hall–Kier alpha value is -3.00. The molecule has 5 aliphatic rings. The van der Waals surface area contributed by atoms with E-state index < -0.39 is 50.8 Å². The van der Waals surface area contributed by atoms with Gasteiger partial charge in [-0.2, -0.15) is 0 Å². The molecule has 0 radical (unpaired) electrons. The molecule has 1 aromatic carbocycles. The number of phenolic OH excluding ortho intramolecular Hbond substituents is 1. The van der Waals surface area contributed by atoms with E-state index in [0.29, 0.717) is 23.1 Å². The summed E-state index contributed by atoms with van der Waals surface area (Å²) in [6, 6.07) is 0. The lowest BCUT2D eigenvalue weighted by molar-refractivity contribution is -0.288. The normalized spacial score (nSPS) is 32.3. The standard InChI is InChI=1S/C38H50O8/c1-16(2)19-20-26(40)22-24-18-15-33(5,6)46-38(18,37(13,14)32(43)34(24,7)8)45-28(22)23(25(39)17(3)4)27(20)44-30-21(19)29(41)35(9,10)31(42)36(30,11)12/h16-19,24,40H,15H2,1-14H3/t18-,19-,24-,38+/m1/s1. The van der Waals surface area contributed by atoms with E-state index in [1.54, 1.807) is 41.5 Å². The highest BCUT2D eigenvalue weighted by molar-refractivity contribution is 6.20. The number of benzene rings is 1. The summed E-state index contributed by atoms with van der Waals surface area (Å²) in [7, 11) is 0. The number of carbonyl (C=O) groups excluding carboxylic acids is 4. The monoisotopic (exact) mass is 634 g/mol. The van der Waals surface area contributed by atoms with Gasteiger partial charge in [-0.1, -0.05) is 41.5 Å². The summed E-state index contributed by atoms with van der Waals surface area (Å²) in [4.78, 5) is 56.9. The maximum atomic E-state index is 14.5. The Morgan fingerprint density at radius 2 is 1.41 bits per heavy atom. The third kappa shape index (κ3) is 3.65. The zero-order valence-corrected chi connectivity index (χ0v) is 29.9. The summed E-state index contributed by atoms with van der Waals surface area (Å²) in [6.07, 6.45) is 0.573. The van der Waals surface area contributed by atoms with Gasteiger partial charge in [-0.25, -0.2) is 0 Å². The summed E-state index contributed by atoms with van der Waals surface area (Å²) in [5, 5.41) is 12.6. The van der Waals surface area contributed by atoms with Crippen LogP contribution in [0.25, 0.3) is 0 Å².